The molecule has 4 aromatic rings. The van der Waals surface area contributed by atoms with Crippen molar-refractivity contribution in [3.05, 3.63) is 24.3 Å². The molecule has 0 bridgehead atoms. The minimum Gasteiger partial charge on any atom is -0.480 e. The van der Waals surface area contributed by atoms with Gasteiger partial charge in [0.2, 0.25) is 5.88 Å². The summed E-state index contributed by atoms with van der Waals surface area (Å²) >= 11 is 0. The Morgan fingerprint density at radius 2 is 1.86 bits per heavy atom. The quantitative estimate of drug-likeness (QED) is 0.210. The van der Waals surface area contributed by atoms with E-state index < -0.39 is 16.1 Å². The number of hydrogen-bond donors (Lipinski definition) is 0. The highest BCUT2D eigenvalue weighted by atomic mass is 28.3. The highest BCUT2D eigenvalue weighted by Crippen LogP contribution is 2.45. The van der Waals surface area contributed by atoms with E-state index in [-0.39, 0.29) is 6.73 Å². The topological polar surface area (TPSA) is 114 Å². The van der Waals surface area contributed by atoms with Crippen LogP contribution in [-0.4, -0.2) is 64.7 Å². The van der Waals surface area contributed by atoms with Crippen LogP contribution in [0.2, 0.25) is 45.3 Å². The summed E-state index contributed by atoms with van der Waals surface area (Å²) in [5.41, 5.74) is 3.70. The minimum absolute atomic E-state index is 0.286. The van der Waals surface area contributed by atoms with Crippen LogP contribution in [0.15, 0.2) is 23.1 Å². The smallest absolute Gasteiger partial charge is 0.227 e. The molecular formula is C25H35N7O3Si2. The molecule has 5 rings (SSSR count). The number of aromatic nitrogens is 7. The number of fused-ring (bicyclic) bond motifs is 1. The summed E-state index contributed by atoms with van der Waals surface area (Å²) in [7, 11) is -1.27. The van der Waals surface area contributed by atoms with Gasteiger partial charge in [-0.1, -0.05) is 44.4 Å². The molecule has 0 saturated heterocycles. The zero-order valence-corrected chi connectivity index (χ0v) is 24.7. The van der Waals surface area contributed by atoms with Gasteiger partial charge in [0, 0.05) is 32.9 Å². The maximum Gasteiger partial charge on any atom is 0.227 e. The van der Waals surface area contributed by atoms with E-state index >= 15 is 0 Å². The minimum atomic E-state index is -1.67. The second-order valence-corrected chi connectivity index (χ2v) is 22.5. The summed E-state index contributed by atoms with van der Waals surface area (Å²) in [5, 5.41) is 10.9. The molecule has 1 aliphatic carbocycles. The molecule has 0 amide bonds. The summed E-state index contributed by atoms with van der Waals surface area (Å²) in [6, 6.07) is 3.07. The maximum atomic E-state index is 6.06. The first-order valence-electron chi connectivity index (χ1n) is 12.7. The predicted octanol–water partition coefficient (Wildman–Crippen LogP) is 4.68. The number of ether oxygens (including phenoxy) is 2. The lowest BCUT2D eigenvalue weighted by Gasteiger charge is -2.15. The number of nitrogens with zero attached hydrogens (tertiary/aromatic N) is 7. The van der Waals surface area contributed by atoms with Crippen LogP contribution in [0.3, 0.4) is 0 Å². The van der Waals surface area contributed by atoms with Crippen LogP contribution in [0.4, 0.5) is 0 Å². The Morgan fingerprint density at radius 3 is 2.51 bits per heavy atom. The molecule has 0 atom stereocenters. The van der Waals surface area contributed by atoms with Gasteiger partial charge >= 0.3 is 0 Å². The van der Waals surface area contributed by atoms with Crippen LogP contribution < -0.4 is 10.1 Å². The molecule has 0 radical (unpaired) electrons. The van der Waals surface area contributed by atoms with E-state index in [2.05, 4.69) is 54.4 Å². The Hall–Kier alpha value is -2.97. The van der Waals surface area contributed by atoms with Crippen molar-refractivity contribution in [1.82, 2.24) is 34.9 Å². The van der Waals surface area contributed by atoms with Gasteiger partial charge in [-0.3, -0.25) is 0 Å². The fourth-order valence-corrected chi connectivity index (χ4v) is 5.69. The van der Waals surface area contributed by atoms with Gasteiger partial charge in [-0.2, -0.15) is 5.10 Å². The number of methoxy groups -OCH3 is 1. The van der Waals surface area contributed by atoms with E-state index in [4.69, 9.17) is 29.1 Å². The van der Waals surface area contributed by atoms with Crippen molar-refractivity contribution in [3.63, 3.8) is 0 Å². The molecule has 196 valence electrons. The van der Waals surface area contributed by atoms with Crippen molar-refractivity contribution in [2.24, 2.45) is 0 Å². The van der Waals surface area contributed by atoms with Crippen molar-refractivity contribution in [3.8, 4) is 28.7 Å². The van der Waals surface area contributed by atoms with Gasteiger partial charge in [0.1, 0.15) is 43.5 Å². The third kappa shape index (κ3) is 5.50. The lowest BCUT2D eigenvalue weighted by atomic mass is 10.1. The first kappa shape index (κ1) is 25.7. The normalized spacial score (nSPS) is 14.5. The molecule has 1 aliphatic rings. The third-order valence-corrected chi connectivity index (χ3v) is 9.83. The zero-order valence-electron chi connectivity index (χ0n) is 22.7. The van der Waals surface area contributed by atoms with E-state index in [1.54, 1.807) is 24.3 Å². The first-order chi connectivity index (χ1) is 17.5. The van der Waals surface area contributed by atoms with Crippen molar-refractivity contribution < 1.29 is 14.0 Å². The lowest BCUT2D eigenvalue weighted by Crippen LogP contribution is -2.36. The molecule has 0 aromatic carbocycles. The summed E-state index contributed by atoms with van der Waals surface area (Å²) < 4.78 is 19.2. The monoisotopic (exact) mass is 537 g/mol. The highest BCUT2D eigenvalue weighted by Gasteiger charge is 2.32. The fourth-order valence-electron chi connectivity index (χ4n) is 4.04. The predicted molar refractivity (Wildman–Crippen MR) is 147 cm³/mol. The van der Waals surface area contributed by atoms with E-state index in [0.717, 1.165) is 40.9 Å². The highest BCUT2D eigenvalue weighted by molar-refractivity contribution is 6.87. The largest absolute Gasteiger partial charge is 0.480 e. The van der Waals surface area contributed by atoms with Crippen molar-refractivity contribution in [1.29, 1.82) is 0 Å². The molecule has 1 saturated carbocycles. The summed E-state index contributed by atoms with van der Waals surface area (Å²) in [5.74, 6) is 1.38. The molecule has 0 N–H and O–H groups in total. The summed E-state index contributed by atoms with van der Waals surface area (Å²) in [4.78, 5) is 18.6. The second kappa shape index (κ2) is 9.73. The average molecular weight is 538 g/mol. The van der Waals surface area contributed by atoms with E-state index in [1.165, 1.54) is 0 Å². The van der Waals surface area contributed by atoms with Crippen LogP contribution in [-0.2, 0) is 11.5 Å². The summed E-state index contributed by atoms with van der Waals surface area (Å²) in [6.07, 6.45) is 5.52. The molecule has 0 unspecified atom stereocenters. The molecule has 0 spiro atoms. The number of hydrogen-bond acceptors (Lipinski definition) is 9. The molecule has 1 fully saturated rings. The average Bonchev–Trinajstić information content (AvgIpc) is 3.45. The van der Waals surface area contributed by atoms with Gasteiger partial charge in [-0.05, 0) is 18.9 Å². The van der Waals surface area contributed by atoms with Gasteiger partial charge in [0.25, 0.3) is 0 Å². The van der Waals surface area contributed by atoms with Crippen molar-refractivity contribution >= 4 is 32.6 Å². The number of rotatable bonds is 10. The standard InChI is InChI=1S/C25H35N7O3Si2/c1-33-25-20(21(16-8-9-16)27-14-28-25)23-26-13-17-22(18-12-19(35-31-18)37(5,6)7)30-32(24(17)29-23)15-34-10-11-36(2,3)4/h12-14,16H,8-11,15H2,1-7H3. The van der Waals surface area contributed by atoms with Gasteiger partial charge < -0.3 is 14.0 Å². The van der Waals surface area contributed by atoms with Crippen molar-refractivity contribution in [2.45, 2.75) is 70.8 Å². The first-order valence-corrected chi connectivity index (χ1v) is 19.9. The SMILES string of the molecule is COc1ncnc(C2CC2)c1-c1ncc2c(-c3cc([Si](C)(C)C)on3)nn(COCC[Si](C)(C)C)c2n1. The fraction of sp³-hybridized carbons (Fsp3) is 0.520. The van der Waals surface area contributed by atoms with E-state index in [1.807, 2.05) is 6.07 Å². The molecule has 10 nitrogen and oxygen atoms in total. The van der Waals surface area contributed by atoms with Gasteiger partial charge in [0.05, 0.1) is 18.2 Å². The van der Waals surface area contributed by atoms with Gasteiger partial charge in [-0.25, -0.2) is 24.6 Å². The second-order valence-electron chi connectivity index (χ2n) is 11.9. The Bertz CT molecular complexity index is 1420. The molecule has 0 aliphatic heterocycles. The Morgan fingerprint density at radius 1 is 1.08 bits per heavy atom. The van der Waals surface area contributed by atoms with Crippen LogP contribution in [0.25, 0.3) is 33.8 Å². The van der Waals surface area contributed by atoms with Gasteiger partial charge in [0.15, 0.2) is 11.5 Å². The van der Waals surface area contributed by atoms with Crippen molar-refractivity contribution in [2.75, 3.05) is 13.7 Å². The maximum absolute atomic E-state index is 6.06. The Kier molecular flexibility index (Phi) is 6.75. The van der Waals surface area contributed by atoms with E-state index in [9.17, 15) is 0 Å². The van der Waals surface area contributed by atoms with E-state index in [0.29, 0.717) is 41.3 Å². The molecule has 12 heteroatoms. The third-order valence-electron chi connectivity index (χ3n) is 6.41. The summed E-state index contributed by atoms with van der Waals surface area (Å²) in [6.45, 7) is 14.7. The molecule has 4 heterocycles. The zero-order chi connectivity index (χ0) is 26.4. The van der Waals surface area contributed by atoms with Crippen LogP contribution >= 0.6 is 0 Å². The van der Waals surface area contributed by atoms with Crippen LogP contribution in [0, 0.1) is 0 Å². The molecule has 37 heavy (non-hydrogen) atoms. The lowest BCUT2D eigenvalue weighted by molar-refractivity contribution is 0.0814. The van der Waals surface area contributed by atoms with Crippen LogP contribution in [0.1, 0.15) is 24.5 Å². The Balaban J connectivity index is 1.59. The van der Waals surface area contributed by atoms with Crippen LogP contribution in [0.5, 0.6) is 5.88 Å². The van der Waals surface area contributed by atoms with Gasteiger partial charge in [-0.15, -0.1) is 0 Å². The molecule has 4 aromatic heterocycles. The molecular weight excluding hydrogens is 502 g/mol. The Labute approximate surface area is 218 Å².